The summed E-state index contributed by atoms with van der Waals surface area (Å²) in [5, 5.41) is 6.14. The Balaban J connectivity index is 2.18. The summed E-state index contributed by atoms with van der Waals surface area (Å²) in [6, 6.07) is 6.28. The van der Waals surface area contributed by atoms with Crippen molar-refractivity contribution in [1.29, 1.82) is 0 Å². The molecule has 1 aromatic carbocycles. The summed E-state index contributed by atoms with van der Waals surface area (Å²) in [6.45, 7) is 0.105. The van der Waals surface area contributed by atoms with Crippen molar-refractivity contribution in [3.8, 4) is 5.75 Å². The highest BCUT2D eigenvalue weighted by Crippen LogP contribution is 2.31. The Morgan fingerprint density at radius 3 is 3.11 bits per heavy atom. The van der Waals surface area contributed by atoms with E-state index in [1.807, 2.05) is 30.9 Å². The van der Waals surface area contributed by atoms with Gasteiger partial charge in [-0.2, -0.15) is 11.8 Å². The summed E-state index contributed by atoms with van der Waals surface area (Å²) in [4.78, 5) is 11.3. The molecule has 0 bridgehead atoms. The van der Waals surface area contributed by atoms with Gasteiger partial charge in [0.05, 0.1) is 5.69 Å². The molecule has 4 nitrogen and oxygen atoms in total. The van der Waals surface area contributed by atoms with Crippen LogP contribution in [0.3, 0.4) is 0 Å². The second kappa shape index (κ2) is 6.11. The first-order valence-corrected chi connectivity index (χ1v) is 7.36. The number of carbonyl (C=O) groups is 1. The van der Waals surface area contributed by atoms with Gasteiger partial charge in [-0.15, -0.1) is 0 Å². The van der Waals surface area contributed by atoms with Crippen molar-refractivity contribution in [2.24, 2.45) is 0 Å². The van der Waals surface area contributed by atoms with Crippen LogP contribution in [0.5, 0.6) is 5.75 Å². The third-order valence-corrected chi connectivity index (χ3v) is 3.64. The van der Waals surface area contributed by atoms with Crippen LogP contribution in [0.15, 0.2) is 18.2 Å². The first-order valence-electron chi connectivity index (χ1n) is 5.97. The fraction of sp³-hybridized carbons (Fsp3) is 0.462. The van der Waals surface area contributed by atoms with E-state index in [2.05, 4.69) is 23.0 Å². The van der Waals surface area contributed by atoms with Gasteiger partial charge in [0.15, 0.2) is 6.61 Å². The maximum Gasteiger partial charge on any atom is 0.262 e. The molecule has 18 heavy (non-hydrogen) atoms. The molecule has 1 aromatic rings. The van der Waals surface area contributed by atoms with Crippen LogP contribution in [0.4, 0.5) is 5.69 Å². The molecule has 2 rings (SSSR count). The zero-order chi connectivity index (χ0) is 13.0. The van der Waals surface area contributed by atoms with Gasteiger partial charge in [-0.1, -0.05) is 6.07 Å². The highest BCUT2D eigenvalue weighted by atomic mass is 32.2. The van der Waals surface area contributed by atoms with Crippen LogP contribution in [0.25, 0.3) is 0 Å². The van der Waals surface area contributed by atoms with Gasteiger partial charge in [0, 0.05) is 6.04 Å². The second-order valence-electron chi connectivity index (χ2n) is 4.22. The average molecular weight is 266 g/mol. The molecule has 1 unspecified atom stereocenters. The summed E-state index contributed by atoms with van der Waals surface area (Å²) in [6.07, 6.45) is 3.17. The van der Waals surface area contributed by atoms with Crippen LogP contribution in [0.2, 0.25) is 0 Å². The molecule has 1 amide bonds. The average Bonchev–Trinajstić information content (AvgIpc) is 2.39. The number of anilines is 1. The molecule has 1 atom stereocenters. The summed E-state index contributed by atoms with van der Waals surface area (Å²) in [5.74, 6) is 1.76. The largest absolute Gasteiger partial charge is 0.482 e. The quantitative estimate of drug-likeness (QED) is 0.856. The highest BCUT2D eigenvalue weighted by molar-refractivity contribution is 7.98. The molecule has 0 saturated carbocycles. The number of carbonyl (C=O) groups excluding carboxylic acids is 1. The van der Waals surface area contributed by atoms with Crippen molar-refractivity contribution in [3.63, 3.8) is 0 Å². The molecule has 0 aromatic heterocycles. The van der Waals surface area contributed by atoms with Crippen LogP contribution in [0.1, 0.15) is 18.0 Å². The van der Waals surface area contributed by atoms with Crippen molar-refractivity contribution in [2.45, 2.75) is 12.5 Å². The SMILES string of the molecule is CNC(CCSC)c1ccc2c(c1)NC(=O)CO2. The Morgan fingerprint density at radius 1 is 1.56 bits per heavy atom. The molecule has 5 heteroatoms. The summed E-state index contributed by atoms with van der Waals surface area (Å²) >= 11 is 1.83. The number of amides is 1. The van der Waals surface area contributed by atoms with Crippen molar-refractivity contribution < 1.29 is 9.53 Å². The number of rotatable bonds is 5. The van der Waals surface area contributed by atoms with E-state index in [1.165, 1.54) is 5.56 Å². The predicted molar refractivity (Wildman–Crippen MR) is 75.4 cm³/mol. The van der Waals surface area contributed by atoms with E-state index in [-0.39, 0.29) is 12.5 Å². The predicted octanol–water partition coefficient (Wildman–Crippen LogP) is 2.03. The Morgan fingerprint density at radius 2 is 2.39 bits per heavy atom. The van der Waals surface area contributed by atoms with Gasteiger partial charge in [-0.25, -0.2) is 0 Å². The molecule has 0 saturated heterocycles. The van der Waals surface area contributed by atoms with Crippen LogP contribution < -0.4 is 15.4 Å². The molecular formula is C13H18N2O2S. The second-order valence-corrected chi connectivity index (χ2v) is 5.20. The molecule has 1 aliphatic rings. The lowest BCUT2D eigenvalue weighted by atomic mass is 10.0. The van der Waals surface area contributed by atoms with Crippen molar-refractivity contribution in [2.75, 3.05) is 31.0 Å². The number of thioether (sulfide) groups is 1. The number of fused-ring (bicyclic) bond motifs is 1. The van der Waals surface area contributed by atoms with Gasteiger partial charge in [0.25, 0.3) is 5.91 Å². The molecule has 0 spiro atoms. The summed E-state index contributed by atoms with van der Waals surface area (Å²) in [5.41, 5.74) is 1.95. The fourth-order valence-corrected chi connectivity index (χ4v) is 2.50. The topological polar surface area (TPSA) is 50.4 Å². The monoisotopic (exact) mass is 266 g/mol. The number of hydrogen-bond acceptors (Lipinski definition) is 4. The maximum atomic E-state index is 11.3. The Labute approximate surface area is 111 Å². The molecule has 0 fully saturated rings. The van der Waals surface area contributed by atoms with E-state index >= 15 is 0 Å². The molecule has 0 radical (unpaired) electrons. The maximum absolute atomic E-state index is 11.3. The summed E-state index contributed by atoms with van der Waals surface area (Å²) < 4.78 is 5.35. The lowest BCUT2D eigenvalue weighted by molar-refractivity contribution is -0.118. The summed E-state index contributed by atoms with van der Waals surface area (Å²) in [7, 11) is 1.96. The van der Waals surface area contributed by atoms with Gasteiger partial charge in [-0.3, -0.25) is 4.79 Å². The number of nitrogens with one attached hydrogen (secondary N) is 2. The minimum absolute atomic E-state index is 0.0928. The smallest absolute Gasteiger partial charge is 0.262 e. The molecule has 1 aliphatic heterocycles. The van der Waals surface area contributed by atoms with Crippen LogP contribution >= 0.6 is 11.8 Å². The Hall–Kier alpha value is -1.20. The highest BCUT2D eigenvalue weighted by Gasteiger charge is 2.18. The minimum Gasteiger partial charge on any atom is -0.482 e. The number of ether oxygens (including phenoxy) is 1. The molecule has 1 heterocycles. The lowest BCUT2D eigenvalue weighted by Gasteiger charge is -2.21. The minimum atomic E-state index is -0.0928. The van der Waals surface area contributed by atoms with Gasteiger partial charge < -0.3 is 15.4 Å². The molecule has 0 aliphatic carbocycles. The third kappa shape index (κ3) is 2.97. The molecule has 98 valence electrons. The third-order valence-electron chi connectivity index (χ3n) is 3.00. The van der Waals surface area contributed by atoms with Crippen molar-refractivity contribution in [3.05, 3.63) is 23.8 Å². The standard InChI is InChI=1S/C13H18N2O2S/c1-14-10(5-6-18-2)9-3-4-12-11(7-9)15-13(16)8-17-12/h3-4,7,10,14H,5-6,8H2,1-2H3,(H,15,16). The van der Waals surface area contributed by atoms with Gasteiger partial charge in [-0.05, 0) is 43.2 Å². The number of hydrogen-bond donors (Lipinski definition) is 2. The van der Waals surface area contributed by atoms with Gasteiger partial charge in [0.2, 0.25) is 0 Å². The van der Waals surface area contributed by atoms with Crippen LogP contribution in [-0.2, 0) is 4.79 Å². The normalized spacial score (nSPS) is 15.6. The van der Waals surface area contributed by atoms with Crippen molar-refractivity contribution in [1.82, 2.24) is 5.32 Å². The van der Waals surface area contributed by atoms with Crippen LogP contribution in [0, 0.1) is 0 Å². The Bertz CT molecular complexity index is 437. The van der Waals surface area contributed by atoms with E-state index < -0.39 is 0 Å². The zero-order valence-corrected chi connectivity index (χ0v) is 11.5. The molecular weight excluding hydrogens is 248 g/mol. The van der Waals surface area contributed by atoms with Crippen molar-refractivity contribution >= 4 is 23.4 Å². The van der Waals surface area contributed by atoms with E-state index in [9.17, 15) is 4.79 Å². The van der Waals surface area contributed by atoms with E-state index in [1.54, 1.807) is 0 Å². The number of benzene rings is 1. The van der Waals surface area contributed by atoms with E-state index in [0.29, 0.717) is 6.04 Å². The zero-order valence-electron chi connectivity index (χ0n) is 10.7. The fourth-order valence-electron chi connectivity index (χ4n) is 2.03. The van der Waals surface area contributed by atoms with E-state index in [4.69, 9.17) is 4.74 Å². The lowest BCUT2D eigenvalue weighted by Crippen LogP contribution is -2.26. The molecule has 2 N–H and O–H groups in total. The van der Waals surface area contributed by atoms with E-state index in [0.717, 1.165) is 23.6 Å². The van der Waals surface area contributed by atoms with Gasteiger partial charge >= 0.3 is 0 Å². The first kappa shape index (κ1) is 13.2. The first-order chi connectivity index (χ1) is 8.74. The van der Waals surface area contributed by atoms with Crippen LogP contribution in [-0.4, -0.2) is 31.6 Å². The van der Waals surface area contributed by atoms with Gasteiger partial charge in [0.1, 0.15) is 5.75 Å². The Kier molecular flexibility index (Phi) is 4.49.